The van der Waals surface area contributed by atoms with Gasteiger partial charge in [0.2, 0.25) is 0 Å². The van der Waals surface area contributed by atoms with Gasteiger partial charge >= 0.3 is 0 Å². The van der Waals surface area contributed by atoms with Crippen LogP contribution in [-0.4, -0.2) is 11.9 Å². The Morgan fingerprint density at radius 2 is 2.15 bits per heavy atom. The summed E-state index contributed by atoms with van der Waals surface area (Å²) in [6.07, 6.45) is 1.22. The van der Waals surface area contributed by atoms with Crippen molar-refractivity contribution in [3.05, 3.63) is 52.0 Å². The molecule has 2 aromatic rings. The molecule has 2 aromatic carbocycles. The summed E-state index contributed by atoms with van der Waals surface area (Å²) in [4.78, 5) is 1.11. The topological polar surface area (TPSA) is 35.2 Å². The first-order valence-corrected chi connectivity index (χ1v) is 8.33. The van der Waals surface area contributed by atoms with Gasteiger partial charge in [-0.15, -0.1) is 11.8 Å². The summed E-state index contributed by atoms with van der Waals surface area (Å²) in [5.41, 5.74) is 9.44. The number of thioether (sulfide) groups is 1. The average Bonchev–Trinajstić information content (AvgIpc) is 2.79. The molecule has 0 saturated carbocycles. The number of hydrogen-bond donors (Lipinski definition) is 1. The Balaban J connectivity index is 1.63. The van der Waals surface area contributed by atoms with Crippen LogP contribution >= 0.6 is 27.7 Å². The van der Waals surface area contributed by atoms with Crippen molar-refractivity contribution in [1.29, 1.82) is 0 Å². The molecule has 1 unspecified atom stereocenters. The fraction of sp³-hybridized carbons (Fsp3) is 0.250. The highest BCUT2D eigenvalue weighted by molar-refractivity contribution is 9.10. The van der Waals surface area contributed by atoms with Crippen LogP contribution in [0, 0.1) is 6.92 Å². The van der Waals surface area contributed by atoms with Crippen molar-refractivity contribution in [3.63, 3.8) is 0 Å². The minimum absolute atomic E-state index is 0.236. The number of ether oxygens (including phenoxy) is 1. The summed E-state index contributed by atoms with van der Waals surface area (Å²) >= 11 is 5.18. The van der Waals surface area contributed by atoms with Crippen LogP contribution in [0.2, 0.25) is 0 Å². The standard InChI is InChI=1S/C16H16BrNOS/c1-10-2-4-15-11(6-10)7-13(19-15)9-20-16-5-3-12(17)8-14(16)18/h2-6,8,13H,7,9,18H2,1H3. The van der Waals surface area contributed by atoms with Crippen molar-refractivity contribution in [2.24, 2.45) is 0 Å². The van der Waals surface area contributed by atoms with Gasteiger partial charge in [-0.3, -0.25) is 0 Å². The number of rotatable bonds is 3. The number of aryl methyl sites for hydroxylation is 1. The Morgan fingerprint density at radius 1 is 1.30 bits per heavy atom. The first-order chi connectivity index (χ1) is 9.61. The van der Waals surface area contributed by atoms with Crippen molar-refractivity contribution >= 4 is 33.4 Å². The Hall–Kier alpha value is -1.13. The highest BCUT2D eigenvalue weighted by Gasteiger charge is 2.23. The number of anilines is 1. The number of hydrogen-bond acceptors (Lipinski definition) is 3. The molecule has 0 aliphatic carbocycles. The summed E-state index contributed by atoms with van der Waals surface area (Å²) in [6, 6.07) is 12.4. The summed E-state index contributed by atoms with van der Waals surface area (Å²) in [5.74, 6) is 1.95. The molecule has 20 heavy (non-hydrogen) atoms. The molecule has 1 atom stereocenters. The van der Waals surface area contributed by atoms with E-state index in [4.69, 9.17) is 10.5 Å². The molecule has 0 radical (unpaired) electrons. The second-order valence-electron chi connectivity index (χ2n) is 5.05. The van der Waals surface area contributed by atoms with Crippen LogP contribution < -0.4 is 10.5 Å². The van der Waals surface area contributed by atoms with E-state index < -0.39 is 0 Å². The minimum Gasteiger partial charge on any atom is -0.489 e. The Labute approximate surface area is 131 Å². The number of halogens is 1. The molecule has 0 amide bonds. The summed E-state index contributed by atoms with van der Waals surface area (Å²) < 4.78 is 6.99. The van der Waals surface area contributed by atoms with Crippen LogP contribution in [-0.2, 0) is 6.42 Å². The van der Waals surface area contributed by atoms with Gasteiger partial charge in [0.1, 0.15) is 11.9 Å². The van der Waals surface area contributed by atoms with Crippen LogP contribution in [0.3, 0.4) is 0 Å². The molecule has 2 N–H and O–H groups in total. The smallest absolute Gasteiger partial charge is 0.123 e. The van der Waals surface area contributed by atoms with Gasteiger partial charge in [-0.2, -0.15) is 0 Å². The van der Waals surface area contributed by atoms with Gasteiger partial charge in [-0.05, 0) is 36.8 Å². The van der Waals surface area contributed by atoms with E-state index >= 15 is 0 Å². The van der Waals surface area contributed by atoms with Gasteiger partial charge in [-0.25, -0.2) is 0 Å². The quantitative estimate of drug-likeness (QED) is 0.657. The summed E-state index contributed by atoms with van der Waals surface area (Å²) in [7, 11) is 0. The molecular weight excluding hydrogens is 334 g/mol. The second kappa shape index (κ2) is 5.70. The molecule has 3 rings (SSSR count). The lowest BCUT2D eigenvalue weighted by molar-refractivity contribution is 0.259. The molecule has 104 valence electrons. The van der Waals surface area contributed by atoms with Crippen molar-refractivity contribution in [2.45, 2.75) is 24.3 Å². The van der Waals surface area contributed by atoms with E-state index in [1.165, 1.54) is 11.1 Å². The molecule has 0 aromatic heterocycles. The Bertz CT molecular complexity index is 644. The van der Waals surface area contributed by atoms with Crippen LogP contribution in [0.15, 0.2) is 45.8 Å². The minimum atomic E-state index is 0.236. The largest absolute Gasteiger partial charge is 0.489 e. The lowest BCUT2D eigenvalue weighted by Gasteiger charge is -2.11. The SMILES string of the molecule is Cc1ccc2c(c1)CC(CSc1ccc(Br)cc1N)O2. The van der Waals surface area contributed by atoms with Crippen LogP contribution in [0.1, 0.15) is 11.1 Å². The van der Waals surface area contributed by atoms with E-state index in [2.05, 4.69) is 47.1 Å². The average molecular weight is 350 g/mol. The van der Waals surface area contributed by atoms with E-state index in [0.717, 1.165) is 33.0 Å². The highest BCUT2D eigenvalue weighted by Crippen LogP contribution is 2.34. The van der Waals surface area contributed by atoms with Crippen LogP contribution in [0.5, 0.6) is 5.75 Å². The first-order valence-electron chi connectivity index (χ1n) is 6.56. The molecule has 2 nitrogen and oxygen atoms in total. The van der Waals surface area contributed by atoms with Gasteiger partial charge in [0.25, 0.3) is 0 Å². The number of benzene rings is 2. The molecule has 1 aliphatic heterocycles. The molecule has 0 spiro atoms. The third-order valence-electron chi connectivity index (χ3n) is 3.35. The van der Waals surface area contributed by atoms with Crippen molar-refractivity contribution in [1.82, 2.24) is 0 Å². The monoisotopic (exact) mass is 349 g/mol. The van der Waals surface area contributed by atoms with E-state index in [0.29, 0.717) is 0 Å². The highest BCUT2D eigenvalue weighted by atomic mass is 79.9. The van der Waals surface area contributed by atoms with E-state index in [1.807, 2.05) is 12.1 Å². The fourth-order valence-electron chi connectivity index (χ4n) is 2.38. The van der Waals surface area contributed by atoms with Crippen molar-refractivity contribution in [2.75, 3.05) is 11.5 Å². The zero-order valence-electron chi connectivity index (χ0n) is 11.2. The molecule has 0 bridgehead atoms. The fourth-order valence-corrected chi connectivity index (χ4v) is 3.70. The van der Waals surface area contributed by atoms with Gasteiger partial charge in [0.15, 0.2) is 0 Å². The maximum atomic E-state index is 6.02. The third kappa shape index (κ3) is 2.96. The maximum absolute atomic E-state index is 6.02. The number of fused-ring (bicyclic) bond motifs is 1. The van der Waals surface area contributed by atoms with E-state index in [1.54, 1.807) is 11.8 Å². The molecule has 1 heterocycles. The Morgan fingerprint density at radius 3 is 2.95 bits per heavy atom. The first kappa shape index (κ1) is 13.8. The Kier molecular flexibility index (Phi) is 3.94. The molecular formula is C16H16BrNOS. The number of nitrogens with two attached hydrogens (primary N) is 1. The number of nitrogen functional groups attached to an aromatic ring is 1. The van der Waals surface area contributed by atoms with E-state index in [9.17, 15) is 0 Å². The predicted octanol–water partition coefficient (Wildman–Crippen LogP) is 4.44. The lowest BCUT2D eigenvalue weighted by atomic mass is 10.1. The van der Waals surface area contributed by atoms with Crippen LogP contribution in [0.25, 0.3) is 0 Å². The van der Waals surface area contributed by atoms with Crippen molar-refractivity contribution in [3.8, 4) is 5.75 Å². The van der Waals surface area contributed by atoms with Gasteiger partial charge in [0, 0.05) is 27.2 Å². The summed E-state index contributed by atoms with van der Waals surface area (Å²) in [5, 5.41) is 0. The van der Waals surface area contributed by atoms with Crippen molar-refractivity contribution < 1.29 is 4.74 Å². The van der Waals surface area contributed by atoms with Gasteiger partial charge < -0.3 is 10.5 Å². The molecule has 0 fully saturated rings. The maximum Gasteiger partial charge on any atom is 0.123 e. The van der Waals surface area contributed by atoms with Gasteiger partial charge in [0.05, 0.1) is 0 Å². The van der Waals surface area contributed by atoms with Gasteiger partial charge in [-0.1, -0.05) is 33.6 Å². The molecule has 4 heteroatoms. The molecule has 0 saturated heterocycles. The predicted molar refractivity (Wildman–Crippen MR) is 88.6 cm³/mol. The zero-order chi connectivity index (χ0) is 14.1. The second-order valence-corrected chi connectivity index (χ2v) is 7.03. The zero-order valence-corrected chi connectivity index (χ0v) is 13.6. The lowest BCUT2D eigenvalue weighted by Crippen LogP contribution is -2.15. The van der Waals surface area contributed by atoms with Crippen LogP contribution in [0.4, 0.5) is 5.69 Å². The third-order valence-corrected chi connectivity index (χ3v) is 5.07. The molecule has 1 aliphatic rings. The van der Waals surface area contributed by atoms with E-state index in [-0.39, 0.29) is 6.10 Å². The normalized spacial score (nSPS) is 16.8. The summed E-state index contributed by atoms with van der Waals surface area (Å²) in [6.45, 7) is 2.12.